The van der Waals surface area contributed by atoms with Crippen LogP contribution in [-0.2, 0) is 16.1 Å². The van der Waals surface area contributed by atoms with Crippen LogP contribution in [0.1, 0.15) is 19.8 Å². The molecule has 6 heteroatoms. The first-order valence-corrected chi connectivity index (χ1v) is 10.8. The SMILES string of the molecule is CC1OC2(CCN(CCn3cnc4ccccc43)CC2)CN(c2ccccc2)C1=O. The second kappa shape index (κ2) is 7.85. The highest BCUT2D eigenvalue weighted by atomic mass is 16.5. The maximum Gasteiger partial charge on any atom is 0.255 e. The Morgan fingerprint density at radius 2 is 1.77 bits per heavy atom. The van der Waals surface area contributed by atoms with E-state index in [0.717, 1.165) is 50.2 Å². The zero-order valence-electron chi connectivity index (χ0n) is 17.4. The lowest BCUT2D eigenvalue weighted by molar-refractivity contribution is -0.161. The van der Waals surface area contributed by atoms with Crippen LogP contribution in [-0.4, -0.2) is 58.2 Å². The highest BCUT2D eigenvalue weighted by molar-refractivity contribution is 5.97. The monoisotopic (exact) mass is 404 g/mol. The summed E-state index contributed by atoms with van der Waals surface area (Å²) in [5.41, 5.74) is 2.95. The smallest absolute Gasteiger partial charge is 0.255 e. The van der Waals surface area contributed by atoms with E-state index in [9.17, 15) is 4.79 Å². The van der Waals surface area contributed by atoms with E-state index in [1.807, 2.05) is 54.5 Å². The van der Waals surface area contributed by atoms with Gasteiger partial charge in [0.05, 0.1) is 29.5 Å². The summed E-state index contributed by atoms with van der Waals surface area (Å²) in [4.78, 5) is 21.6. The van der Waals surface area contributed by atoms with Gasteiger partial charge in [0.1, 0.15) is 6.10 Å². The van der Waals surface area contributed by atoms with Crippen molar-refractivity contribution in [3.8, 4) is 0 Å². The van der Waals surface area contributed by atoms with Gasteiger partial charge in [0.15, 0.2) is 0 Å². The number of ether oxygens (including phenoxy) is 1. The van der Waals surface area contributed by atoms with Gasteiger partial charge in [-0.2, -0.15) is 0 Å². The van der Waals surface area contributed by atoms with Gasteiger partial charge in [-0.05, 0) is 44.0 Å². The molecule has 2 saturated heterocycles. The number of hydrogen-bond donors (Lipinski definition) is 0. The van der Waals surface area contributed by atoms with Crippen molar-refractivity contribution in [1.29, 1.82) is 0 Å². The molecule has 0 saturated carbocycles. The topological polar surface area (TPSA) is 50.6 Å². The first-order chi connectivity index (χ1) is 14.6. The molecular weight excluding hydrogens is 376 g/mol. The molecule has 3 aromatic rings. The molecule has 0 bridgehead atoms. The molecular formula is C24H28N4O2. The number of anilines is 1. The van der Waals surface area contributed by atoms with Gasteiger partial charge in [-0.15, -0.1) is 0 Å². The number of amides is 1. The lowest BCUT2D eigenvalue weighted by atomic mass is 9.88. The summed E-state index contributed by atoms with van der Waals surface area (Å²) in [6.45, 7) is 6.41. The molecule has 1 amide bonds. The van der Waals surface area contributed by atoms with E-state index in [0.29, 0.717) is 6.54 Å². The molecule has 2 fully saturated rings. The Kier molecular flexibility index (Phi) is 5.05. The van der Waals surface area contributed by atoms with E-state index in [1.54, 1.807) is 0 Å². The first kappa shape index (κ1) is 19.3. The van der Waals surface area contributed by atoms with Gasteiger partial charge < -0.3 is 19.1 Å². The van der Waals surface area contributed by atoms with E-state index < -0.39 is 6.10 Å². The third-order valence-electron chi connectivity index (χ3n) is 6.51. The lowest BCUT2D eigenvalue weighted by Crippen LogP contribution is -2.61. The number of likely N-dealkylation sites (tertiary alicyclic amines) is 1. The summed E-state index contributed by atoms with van der Waals surface area (Å²) in [5.74, 6) is 0.0567. The van der Waals surface area contributed by atoms with Crippen LogP contribution in [0.15, 0.2) is 60.9 Å². The van der Waals surface area contributed by atoms with Crippen LogP contribution >= 0.6 is 0 Å². The summed E-state index contributed by atoms with van der Waals surface area (Å²) < 4.78 is 8.53. The summed E-state index contributed by atoms with van der Waals surface area (Å²) in [6.07, 6.45) is 3.42. The fourth-order valence-corrected chi connectivity index (χ4v) is 4.77. The molecule has 2 aromatic carbocycles. The van der Waals surface area contributed by atoms with Gasteiger partial charge in [0.25, 0.3) is 5.91 Å². The Labute approximate surface area is 177 Å². The van der Waals surface area contributed by atoms with Crippen molar-refractivity contribution >= 4 is 22.6 Å². The first-order valence-electron chi connectivity index (χ1n) is 10.8. The number of morpholine rings is 1. The molecule has 6 nitrogen and oxygen atoms in total. The molecule has 0 aliphatic carbocycles. The maximum absolute atomic E-state index is 12.7. The molecule has 3 heterocycles. The highest BCUT2D eigenvalue weighted by Crippen LogP contribution is 2.35. The van der Waals surface area contributed by atoms with Crippen LogP contribution in [0.3, 0.4) is 0 Å². The third kappa shape index (κ3) is 3.61. The fraction of sp³-hybridized carbons (Fsp3) is 0.417. The van der Waals surface area contributed by atoms with Gasteiger partial charge >= 0.3 is 0 Å². The number of benzene rings is 2. The van der Waals surface area contributed by atoms with Crippen molar-refractivity contribution in [3.05, 3.63) is 60.9 Å². The predicted octanol–water partition coefficient (Wildman–Crippen LogP) is 3.32. The Bertz CT molecular complexity index is 1020. The van der Waals surface area contributed by atoms with Crippen LogP contribution < -0.4 is 4.90 Å². The zero-order chi connectivity index (χ0) is 20.6. The number of nitrogens with zero attached hydrogens (tertiary/aromatic N) is 4. The molecule has 5 rings (SSSR count). The van der Waals surface area contributed by atoms with Crippen molar-refractivity contribution in [2.24, 2.45) is 0 Å². The number of para-hydroxylation sites is 3. The minimum Gasteiger partial charge on any atom is -0.360 e. The maximum atomic E-state index is 12.7. The van der Waals surface area contributed by atoms with Crippen LogP contribution in [0, 0.1) is 0 Å². The van der Waals surface area contributed by atoms with E-state index in [-0.39, 0.29) is 11.5 Å². The summed E-state index contributed by atoms with van der Waals surface area (Å²) in [5, 5.41) is 0. The zero-order valence-corrected chi connectivity index (χ0v) is 17.4. The number of piperidine rings is 1. The molecule has 1 unspecified atom stereocenters. The van der Waals surface area contributed by atoms with Gasteiger partial charge in [0, 0.05) is 31.9 Å². The van der Waals surface area contributed by atoms with Crippen molar-refractivity contribution < 1.29 is 9.53 Å². The van der Waals surface area contributed by atoms with Crippen LogP contribution in [0.5, 0.6) is 0 Å². The van der Waals surface area contributed by atoms with Crippen LogP contribution in [0.4, 0.5) is 5.69 Å². The molecule has 1 aromatic heterocycles. The number of rotatable bonds is 4. The highest BCUT2D eigenvalue weighted by Gasteiger charge is 2.45. The number of fused-ring (bicyclic) bond motifs is 1. The van der Waals surface area contributed by atoms with Gasteiger partial charge in [-0.1, -0.05) is 30.3 Å². The molecule has 2 aliphatic heterocycles. The van der Waals surface area contributed by atoms with Crippen LogP contribution in [0.25, 0.3) is 11.0 Å². The lowest BCUT2D eigenvalue weighted by Gasteiger charge is -2.49. The van der Waals surface area contributed by atoms with E-state index >= 15 is 0 Å². The Hall–Kier alpha value is -2.70. The molecule has 1 atom stereocenters. The van der Waals surface area contributed by atoms with Crippen molar-refractivity contribution in [1.82, 2.24) is 14.5 Å². The second-order valence-electron chi connectivity index (χ2n) is 8.47. The summed E-state index contributed by atoms with van der Waals surface area (Å²) in [6, 6.07) is 18.2. The van der Waals surface area contributed by atoms with Crippen molar-refractivity contribution in [3.63, 3.8) is 0 Å². The molecule has 30 heavy (non-hydrogen) atoms. The molecule has 0 radical (unpaired) electrons. The summed E-state index contributed by atoms with van der Waals surface area (Å²) in [7, 11) is 0. The van der Waals surface area contributed by atoms with E-state index in [4.69, 9.17) is 4.74 Å². The minimum absolute atomic E-state index is 0.0567. The van der Waals surface area contributed by atoms with Gasteiger partial charge in [0.2, 0.25) is 0 Å². The number of carbonyl (C=O) groups is 1. The standard InChI is InChI=1S/C24H28N4O2/c1-19-23(29)28(20-7-3-2-4-8-20)17-24(30-19)11-13-26(14-12-24)15-16-27-18-25-21-9-5-6-10-22(21)27/h2-10,18-19H,11-17H2,1H3. The molecule has 156 valence electrons. The Morgan fingerprint density at radius 3 is 2.57 bits per heavy atom. The third-order valence-corrected chi connectivity index (χ3v) is 6.51. The predicted molar refractivity (Wildman–Crippen MR) is 117 cm³/mol. The normalized spacial score (nSPS) is 22.1. The number of aromatic nitrogens is 2. The van der Waals surface area contributed by atoms with E-state index in [2.05, 4.69) is 32.7 Å². The van der Waals surface area contributed by atoms with Crippen LogP contribution in [0.2, 0.25) is 0 Å². The second-order valence-corrected chi connectivity index (χ2v) is 8.47. The van der Waals surface area contributed by atoms with E-state index in [1.165, 1.54) is 5.52 Å². The van der Waals surface area contributed by atoms with Crippen molar-refractivity contribution in [2.75, 3.05) is 31.1 Å². The fourth-order valence-electron chi connectivity index (χ4n) is 4.77. The Morgan fingerprint density at radius 1 is 1.03 bits per heavy atom. The molecule has 0 N–H and O–H groups in total. The van der Waals surface area contributed by atoms with Gasteiger partial charge in [-0.3, -0.25) is 4.79 Å². The minimum atomic E-state index is -0.400. The average molecular weight is 405 g/mol. The summed E-state index contributed by atoms with van der Waals surface area (Å²) >= 11 is 0. The largest absolute Gasteiger partial charge is 0.360 e. The van der Waals surface area contributed by atoms with Crippen molar-refractivity contribution in [2.45, 2.75) is 38.0 Å². The Balaban J connectivity index is 1.23. The molecule has 1 spiro atoms. The number of hydrogen-bond acceptors (Lipinski definition) is 4. The number of carbonyl (C=O) groups excluding carboxylic acids is 1. The molecule has 2 aliphatic rings. The quantitative estimate of drug-likeness (QED) is 0.669. The van der Waals surface area contributed by atoms with Gasteiger partial charge in [-0.25, -0.2) is 4.98 Å². The number of imidazole rings is 1. The average Bonchev–Trinajstić information content (AvgIpc) is 3.20.